The molecular formula is C14H19N. The molecule has 0 atom stereocenters. The van der Waals surface area contributed by atoms with Gasteiger partial charge in [0.2, 0.25) is 0 Å². The molecule has 0 amide bonds. The molecule has 1 fully saturated rings. The first kappa shape index (κ1) is 10.3. The lowest BCUT2D eigenvalue weighted by atomic mass is 10.1. The Hall–Kier alpha value is -1.24. The van der Waals surface area contributed by atoms with E-state index in [1.54, 1.807) is 0 Å². The maximum absolute atomic E-state index is 2.52. The van der Waals surface area contributed by atoms with Crippen molar-refractivity contribution in [2.24, 2.45) is 0 Å². The molecule has 0 bridgehead atoms. The molecule has 0 radical (unpaired) electrons. The first-order valence-corrected chi connectivity index (χ1v) is 5.77. The van der Waals surface area contributed by atoms with Crippen molar-refractivity contribution in [1.29, 1.82) is 0 Å². The molecule has 0 saturated carbocycles. The first-order chi connectivity index (χ1) is 7.29. The predicted octanol–water partition coefficient (Wildman–Crippen LogP) is 3.53. The summed E-state index contributed by atoms with van der Waals surface area (Å²) in [6, 6.07) is 10.7. The van der Waals surface area contributed by atoms with Crippen molar-refractivity contribution in [1.82, 2.24) is 4.90 Å². The highest BCUT2D eigenvalue weighted by molar-refractivity contribution is 5.66. The van der Waals surface area contributed by atoms with Crippen molar-refractivity contribution in [3.8, 4) is 0 Å². The van der Waals surface area contributed by atoms with Crippen LogP contribution in [0.25, 0.3) is 5.70 Å². The van der Waals surface area contributed by atoms with Gasteiger partial charge in [-0.25, -0.2) is 0 Å². The highest BCUT2D eigenvalue weighted by atomic mass is 15.1. The largest absolute Gasteiger partial charge is 0.371 e. The number of benzene rings is 1. The molecule has 80 valence electrons. The van der Waals surface area contributed by atoms with E-state index in [2.05, 4.69) is 49.1 Å². The third-order valence-corrected chi connectivity index (χ3v) is 2.94. The van der Waals surface area contributed by atoms with E-state index in [0.29, 0.717) is 0 Å². The van der Waals surface area contributed by atoms with Gasteiger partial charge in [-0.2, -0.15) is 0 Å². The van der Waals surface area contributed by atoms with Gasteiger partial charge in [-0.15, -0.1) is 0 Å². The maximum atomic E-state index is 2.52. The van der Waals surface area contributed by atoms with Gasteiger partial charge in [0, 0.05) is 18.8 Å². The van der Waals surface area contributed by atoms with E-state index in [4.69, 9.17) is 0 Å². The van der Waals surface area contributed by atoms with Crippen LogP contribution in [0.15, 0.2) is 35.9 Å². The maximum Gasteiger partial charge on any atom is 0.0426 e. The number of rotatable bonds is 2. The summed E-state index contributed by atoms with van der Waals surface area (Å²) in [5.41, 5.74) is 4.22. The number of hydrogen-bond acceptors (Lipinski definition) is 1. The van der Waals surface area contributed by atoms with Gasteiger partial charge in [0.25, 0.3) is 0 Å². The summed E-state index contributed by atoms with van der Waals surface area (Å²) < 4.78 is 0. The number of hydrogen-bond donors (Lipinski definition) is 0. The SMILES string of the molecule is CC(C)=C(c1ccccc1)N1CCCC1. The van der Waals surface area contributed by atoms with Gasteiger partial charge in [-0.3, -0.25) is 0 Å². The normalized spacial score (nSPS) is 15.5. The van der Waals surface area contributed by atoms with Crippen LogP contribution in [-0.4, -0.2) is 18.0 Å². The van der Waals surface area contributed by atoms with Crippen molar-refractivity contribution in [3.63, 3.8) is 0 Å². The van der Waals surface area contributed by atoms with Crippen LogP contribution in [0.4, 0.5) is 0 Å². The van der Waals surface area contributed by atoms with Gasteiger partial charge in [0.05, 0.1) is 0 Å². The molecule has 0 N–H and O–H groups in total. The Morgan fingerprint density at radius 3 is 2.13 bits per heavy atom. The van der Waals surface area contributed by atoms with E-state index >= 15 is 0 Å². The van der Waals surface area contributed by atoms with Gasteiger partial charge in [-0.05, 0) is 32.3 Å². The van der Waals surface area contributed by atoms with Gasteiger partial charge in [0.1, 0.15) is 0 Å². The van der Waals surface area contributed by atoms with Gasteiger partial charge < -0.3 is 4.90 Å². The smallest absolute Gasteiger partial charge is 0.0426 e. The Labute approximate surface area is 92.4 Å². The van der Waals surface area contributed by atoms with Crippen LogP contribution in [0.2, 0.25) is 0 Å². The molecule has 1 heteroatoms. The molecule has 1 aromatic rings. The van der Waals surface area contributed by atoms with E-state index in [1.807, 2.05) is 0 Å². The highest BCUT2D eigenvalue weighted by Gasteiger charge is 2.16. The minimum atomic E-state index is 1.22. The number of allylic oxidation sites excluding steroid dienone is 1. The fraction of sp³-hybridized carbons (Fsp3) is 0.429. The van der Waals surface area contributed by atoms with Gasteiger partial charge >= 0.3 is 0 Å². The van der Waals surface area contributed by atoms with E-state index in [0.717, 1.165) is 0 Å². The number of likely N-dealkylation sites (tertiary alicyclic amines) is 1. The fourth-order valence-corrected chi connectivity index (χ4v) is 2.32. The van der Waals surface area contributed by atoms with Crippen LogP contribution >= 0.6 is 0 Å². The summed E-state index contributed by atoms with van der Waals surface area (Å²) in [7, 11) is 0. The van der Waals surface area contributed by atoms with Crippen molar-refractivity contribution < 1.29 is 0 Å². The second-order valence-corrected chi connectivity index (χ2v) is 4.41. The second-order valence-electron chi connectivity index (χ2n) is 4.41. The van der Waals surface area contributed by atoms with Crippen LogP contribution in [0.1, 0.15) is 32.3 Å². The summed E-state index contributed by atoms with van der Waals surface area (Å²) in [5.74, 6) is 0. The summed E-state index contributed by atoms with van der Waals surface area (Å²) >= 11 is 0. The third kappa shape index (κ3) is 2.23. The lowest BCUT2D eigenvalue weighted by Gasteiger charge is -2.23. The molecule has 0 aliphatic carbocycles. The molecule has 0 spiro atoms. The lowest BCUT2D eigenvalue weighted by Crippen LogP contribution is -2.18. The molecule has 15 heavy (non-hydrogen) atoms. The summed E-state index contributed by atoms with van der Waals surface area (Å²) in [5, 5.41) is 0. The molecule has 0 unspecified atom stereocenters. The van der Waals surface area contributed by atoms with E-state index in [-0.39, 0.29) is 0 Å². The Kier molecular flexibility index (Phi) is 3.10. The van der Waals surface area contributed by atoms with Gasteiger partial charge in [-0.1, -0.05) is 35.9 Å². The van der Waals surface area contributed by atoms with Crippen LogP contribution in [0.5, 0.6) is 0 Å². The Balaban J connectivity index is 2.33. The minimum absolute atomic E-state index is 1.22. The molecule has 2 rings (SSSR count). The van der Waals surface area contributed by atoms with Crippen molar-refractivity contribution >= 4 is 5.70 Å². The second kappa shape index (κ2) is 4.52. The molecule has 1 nitrogen and oxygen atoms in total. The zero-order valence-corrected chi connectivity index (χ0v) is 9.66. The Bertz CT molecular complexity index is 341. The molecule has 1 aliphatic heterocycles. The zero-order valence-electron chi connectivity index (χ0n) is 9.66. The average Bonchev–Trinajstić information content (AvgIpc) is 2.72. The van der Waals surface area contributed by atoms with Crippen molar-refractivity contribution in [2.45, 2.75) is 26.7 Å². The third-order valence-electron chi connectivity index (χ3n) is 2.94. The quantitative estimate of drug-likeness (QED) is 0.707. The molecule has 0 aromatic heterocycles. The van der Waals surface area contributed by atoms with Crippen LogP contribution < -0.4 is 0 Å². The van der Waals surface area contributed by atoms with Crippen molar-refractivity contribution in [3.05, 3.63) is 41.5 Å². The zero-order chi connectivity index (χ0) is 10.7. The highest BCUT2D eigenvalue weighted by Crippen LogP contribution is 2.26. The lowest BCUT2D eigenvalue weighted by molar-refractivity contribution is 0.490. The predicted molar refractivity (Wildman–Crippen MR) is 65.5 cm³/mol. The molecule has 1 aromatic carbocycles. The van der Waals surface area contributed by atoms with Crippen LogP contribution in [-0.2, 0) is 0 Å². The molecule has 1 saturated heterocycles. The minimum Gasteiger partial charge on any atom is -0.371 e. The van der Waals surface area contributed by atoms with Crippen LogP contribution in [0.3, 0.4) is 0 Å². The standard InChI is InChI=1S/C14H19N/c1-12(2)14(15-10-6-7-11-15)13-8-4-3-5-9-13/h3-5,8-9H,6-7,10-11H2,1-2H3. The Morgan fingerprint density at radius 1 is 1.00 bits per heavy atom. The van der Waals surface area contributed by atoms with E-state index < -0.39 is 0 Å². The topological polar surface area (TPSA) is 3.24 Å². The van der Waals surface area contributed by atoms with Crippen molar-refractivity contribution in [2.75, 3.05) is 13.1 Å². The monoisotopic (exact) mass is 201 g/mol. The van der Waals surface area contributed by atoms with Crippen LogP contribution in [0, 0.1) is 0 Å². The fourth-order valence-electron chi connectivity index (χ4n) is 2.32. The average molecular weight is 201 g/mol. The summed E-state index contributed by atoms with van der Waals surface area (Å²) in [6.45, 7) is 6.85. The Morgan fingerprint density at radius 2 is 1.60 bits per heavy atom. The molecular weight excluding hydrogens is 182 g/mol. The van der Waals surface area contributed by atoms with E-state index in [9.17, 15) is 0 Å². The number of nitrogens with zero attached hydrogens (tertiary/aromatic N) is 1. The molecule has 1 heterocycles. The van der Waals surface area contributed by atoms with Gasteiger partial charge in [0.15, 0.2) is 0 Å². The molecule has 1 aliphatic rings. The first-order valence-electron chi connectivity index (χ1n) is 5.77. The van der Waals surface area contributed by atoms with E-state index in [1.165, 1.54) is 42.8 Å². The summed E-state index contributed by atoms with van der Waals surface area (Å²) in [4.78, 5) is 2.52. The summed E-state index contributed by atoms with van der Waals surface area (Å²) in [6.07, 6.45) is 2.67.